The molecular weight excluding hydrogens is 494 g/mol. The summed E-state index contributed by atoms with van der Waals surface area (Å²) in [5.74, 6) is 1.18. The lowest BCUT2D eigenvalue weighted by Crippen LogP contribution is -2.32. The third kappa shape index (κ3) is 5.27. The third-order valence-electron chi connectivity index (χ3n) is 6.40. The summed E-state index contributed by atoms with van der Waals surface area (Å²) < 4.78 is 6.89. The number of nitrogens with zero attached hydrogens (tertiary/aromatic N) is 2. The van der Waals surface area contributed by atoms with Gasteiger partial charge in [-0.05, 0) is 73.0 Å². The maximum atomic E-state index is 13.7. The number of methoxy groups -OCH3 is 1. The quantitative estimate of drug-likeness (QED) is 0.239. The highest BCUT2D eigenvalue weighted by Gasteiger charge is 2.20. The Morgan fingerprint density at radius 3 is 2.50 bits per heavy atom. The van der Waals surface area contributed by atoms with Gasteiger partial charge in [0.25, 0.3) is 11.5 Å². The minimum Gasteiger partial charge on any atom is -0.497 e. The van der Waals surface area contributed by atoms with E-state index in [4.69, 9.17) is 21.3 Å². The number of carbonyl (C=O) groups excluding carboxylic acids is 1. The number of carbonyl (C=O) groups is 1. The van der Waals surface area contributed by atoms with E-state index in [1.165, 1.54) is 11.8 Å². The molecule has 0 atom stereocenters. The molecule has 0 saturated heterocycles. The molecule has 0 radical (unpaired) electrons. The van der Waals surface area contributed by atoms with Crippen LogP contribution < -0.4 is 15.6 Å². The normalized spacial score (nSPS) is 13.7. The third-order valence-corrected chi connectivity index (χ3v) is 7.66. The van der Waals surface area contributed by atoms with Crippen molar-refractivity contribution in [1.29, 1.82) is 0 Å². The van der Waals surface area contributed by atoms with Crippen molar-refractivity contribution in [2.75, 3.05) is 7.11 Å². The summed E-state index contributed by atoms with van der Waals surface area (Å²) >= 11 is 7.49. The molecule has 1 fully saturated rings. The van der Waals surface area contributed by atoms with Crippen LogP contribution in [0.3, 0.4) is 0 Å². The van der Waals surface area contributed by atoms with Crippen LogP contribution in [0.25, 0.3) is 16.6 Å². The van der Waals surface area contributed by atoms with Crippen LogP contribution in [0.2, 0.25) is 5.02 Å². The predicted octanol–water partition coefficient (Wildman–Crippen LogP) is 6.01. The summed E-state index contributed by atoms with van der Waals surface area (Å²) in [6.07, 6.45) is 4.30. The van der Waals surface area contributed by atoms with Crippen LogP contribution in [0.1, 0.15) is 41.6 Å². The number of amides is 1. The number of halogens is 1. The fourth-order valence-corrected chi connectivity index (χ4v) is 5.52. The lowest BCUT2D eigenvalue weighted by molar-refractivity contribution is 0.0938. The highest BCUT2D eigenvalue weighted by atomic mass is 35.5. The Labute approximate surface area is 218 Å². The molecular formula is C28H26ClN3O3S. The highest BCUT2D eigenvalue weighted by molar-refractivity contribution is 7.98. The Morgan fingerprint density at radius 2 is 1.81 bits per heavy atom. The van der Waals surface area contributed by atoms with Crippen LogP contribution >= 0.6 is 23.4 Å². The van der Waals surface area contributed by atoms with Gasteiger partial charge in [0, 0.05) is 22.4 Å². The topological polar surface area (TPSA) is 73.2 Å². The number of benzene rings is 3. The van der Waals surface area contributed by atoms with Crippen molar-refractivity contribution in [2.45, 2.75) is 42.6 Å². The smallest absolute Gasteiger partial charge is 0.266 e. The lowest BCUT2D eigenvalue weighted by Gasteiger charge is -2.15. The van der Waals surface area contributed by atoms with Gasteiger partial charge in [-0.3, -0.25) is 14.2 Å². The van der Waals surface area contributed by atoms with E-state index in [0.717, 1.165) is 31.2 Å². The van der Waals surface area contributed by atoms with Gasteiger partial charge in [0.15, 0.2) is 5.16 Å². The average Bonchev–Trinajstić information content (AvgIpc) is 3.41. The van der Waals surface area contributed by atoms with E-state index in [1.54, 1.807) is 29.9 Å². The zero-order valence-electron chi connectivity index (χ0n) is 19.9. The Bertz CT molecular complexity index is 1450. The van der Waals surface area contributed by atoms with Gasteiger partial charge in [0.05, 0.1) is 23.7 Å². The molecule has 3 aromatic carbocycles. The molecule has 1 saturated carbocycles. The van der Waals surface area contributed by atoms with Crippen LogP contribution in [0, 0.1) is 0 Å². The van der Waals surface area contributed by atoms with Crippen molar-refractivity contribution >= 4 is 40.2 Å². The Hall–Kier alpha value is -3.29. The molecule has 5 rings (SSSR count). The summed E-state index contributed by atoms with van der Waals surface area (Å²) in [6.45, 7) is 0. The zero-order valence-corrected chi connectivity index (χ0v) is 21.4. The summed E-state index contributed by atoms with van der Waals surface area (Å²) in [7, 11) is 1.60. The summed E-state index contributed by atoms with van der Waals surface area (Å²) in [4.78, 5) is 31.4. The van der Waals surface area contributed by atoms with Gasteiger partial charge in [-0.25, -0.2) is 4.98 Å². The monoisotopic (exact) mass is 519 g/mol. The molecule has 0 bridgehead atoms. The maximum absolute atomic E-state index is 13.7. The second-order valence-corrected chi connectivity index (χ2v) is 10.2. The van der Waals surface area contributed by atoms with E-state index >= 15 is 0 Å². The van der Waals surface area contributed by atoms with E-state index in [-0.39, 0.29) is 17.5 Å². The molecule has 1 aromatic heterocycles. The van der Waals surface area contributed by atoms with Crippen LogP contribution in [0.4, 0.5) is 0 Å². The molecule has 1 aliphatic carbocycles. The average molecular weight is 520 g/mol. The molecule has 184 valence electrons. The van der Waals surface area contributed by atoms with Crippen molar-refractivity contribution in [2.24, 2.45) is 0 Å². The molecule has 1 aliphatic rings. The zero-order chi connectivity index (χ0) is 25.1. The van der Waals surface area contributed by atoms with E-state index in [2.05, 4.69) is 5.32 Å². The first kappa shape index (κ1) is 24.4. The molecule has 1 amide bonds. The van der Waals surface area contributed by atoms with Crippen molar-refractivity contribution in [3.8, 4) is 11.4 Å². The number of ether oxygens (including phenoxy) is 1. The van der Waals surface area contributed by atoms with Gasteiger partial charge >= 0.3 is 0 Å². The van der Waals surface area contributed by atoms with Crippen LogP contribution in [0.5, 0.6) is 5.75 Å². The lowest BCUT2D eigenvalue weighted by atomic mass is 10.1. The summed E-state index contributed by atoms with van der Waals surface area (Å²) in [5, 5.41) is 4.78. The number of hydrogen-bond acceptors (Lipinski definition) is 5. The van der Waals surface area contributed by atoms with E-state index in [1.807, 2.05) is 48.5 Å². The Kier molecular flexibility index (Phi) is 7.30. The summed E-state index contributed by atoms with van der Waals surface area (Å²) in [6, 6.07) is 20.2. The molecule has 4 aromatic rings. The largest absolute Gasteiger partial charge is 0.497 e. The molecule has 8 heteroatoms. The first-order valence-electron chi connectivity index (χ1n) is 11.9. The molecule has 1 N–H and O–H groups in total. The maximum Gasteiger partial charge on any atom is 0.266 e. The van der Waals surface area contributed by atoms with Crippen LogP contribution in [0.15, 0.2) is 76.7 Å². The fraction of sp³-hybridized carbons (Fsp3) is 0.250. The standard InChI is InChI=1S/C28H26ClN3O3S/c1-35-23-13-11-22(12-14-23)32-27(34)24-15-8-19(26(33)30-21-4-2-3-5-21)16-25(24)31-28(32)36-17-18-6-9-20(29)10-7-18/h6-16,21H,2-5,17H2,1H3,(H,30,33). The number of hydrogen-bond donors (Lipinski definition) is 1. The van der Waals surface area contributed by atoms with Gasteiger partial charge in [0.1, 0.15) is 5.75 Å². The number of thioether (sulfide) groups is 1. The van der Waals surface area contributed by atoms with Crippen molar-refractivity contribution in [3.05, 3.63) is 93.2 Å². The molecule has 0 aliphatic heterocycles. The first-order chi connectivity index (χ1) is 17.5. The molecule has 6 nitrogen and oxygen atoms in total. The SMILES string of the molecule is COc1ccc(-n2c(SCc3ccc(Cl)cc3)nc3cc(C(=O)NC4CCCC4)ccc3c2=O)cc1. The Balaban J connectivity index is 1.54. The van der Waals surface area contributed by atoms with E-state index in [9.17, 15) is 9.59 Å². The first-order valence-corrected chi connectivity index (χ1v) is 13.3. The minimum absolute atomic E-state index is 0.125. The predicted molar refractivity (Wildman–Crippen MR) is 145 cm³/mol. The van der Waals surface area contributed by atoms with Gasteiger partial charge in [-0.15, -0.1) is 0 Å². The number of aromatic nitrogens is 2. The molecule has 36 heavy (non-hydrogen) atoms. The van der Waals surface area contributed by atoms with Crippen molar-refractivity contribution < 1.29 is 9.53 Å². The second kappa shape index (κ2) is 10.8. The minimum atomic E-state index is -0.188. The van der Waals surface area contributed by atoms with Gasteiger partial charge in [-0.1, -0.05) is 48.3 Å². The van der Waals surface area contributed by atoms with E-state index < -0.39 is 0 Å². The molecule has 0 spiro atoms. The van der Waals surface area contributed by atoms with E-state index in [0.29, 0.717) is 43.8 Å². The number of fused-ring (bicyclic) bond motifs is 1. The van der Waals surface area contributed by atoms with Gasteiger partial charge in [-0.2, -0.15) is 0 Å². The number of nitrogens with one attached hydrogen (secondary N) is 1. The fourth-order valence-electron chi connectivity index (χ4n) is 4.43. The van der Waals surface area contributed by atoms with Crippen molar-refractivity contribution in [3.63, 3.8) is 0 Å². The summed E-state index contributed by atoms with van der Waals surface area (Å²) in [5.41, 5.74) is 2.58. The Morgan fingerprint density at radius 1 is 1.08 bits per heavy atom. The number of rotatable bonds is 7. The molecule has 0 unspecified atom stereocenters. The molecule has 1 heterocycles. The van der Waals surface area contributed by atoms with Gasteiger partial charge in [0.2, 0.25) is 0 Å². The van der Waals surface area contributed by atoms with Crippen LogP contribution in [-0.4, -0.2) is 28.6 Å². The highest BCUT2D eigenvalue weighted by Crippen LogP contribution is 2.27. The second-order valence-electron chi connectivity index (χ2n) is 8.83. The van der Waals surface area contributed by atoms with Gasteiger partial charge < -0.3 is 10.1 Å². The van der Waals surface area contributed by atoms with Crippen LogP contribution in [-0.2, 0) is 5.75 Å². The van der Waals surface area contributed by atoms with Crippen molar-refractivity contribution in [1.82, 2.24) is 14.9 Å².